The Morgan fingerprint density at radius 1 is 0.288 bits per heavy atom. The minimum atomic E-state index is -0.451. The van der Waals surface area contributed by atoms with Gasteiger partial charge in [0.2, 0.25) is 0 Å². The normalized spacial score (nSPS) is 11.7. The number of furan rings is 4. The van der Waals surface area contributed by atoms with Crippen molar-refractivity contribution in [3.8, 4) is 11.1 Å². The molecule has 6 heterocycles. The van der Waals surface area contributed by atoms with E-state index in [2.05, 4.69) is 295 Å². The SMILES string of the molecule is Brc1cc2ccccc2c2c1oc1ccccc12.C.C.CC.CC.CC.CC.CC.CC.CC.CC1(C)OB(c2cc3ccccc3c3c2oc2ccccc23)OC1(C)C.O=[N+]([O-])c1ccccc1-c1cc2ccccc2c2c1oc1ccccc12.O=[N+]([O-])c1ccccc1Br.c1ccc(P(c2ccccc2)c2ccccc2)cc1.c1ccc2c(c1)[nH]c1c3ccccc3c3c4ccccc4oc3c21. The van der Waals surface area contributed by atoms with E-state index >= 15 is 0 Å². The molecule has 0 radical (unpaired) electrons. The summed E-state index contributed by atoms with van der Waals surface area (Å²) in [4.78, 5) is 24.6. The quantitative estimate of drug-likeness (QED) is 0.0700. The first-order valence-electron chi connectivity index (χ1n) is 47.3. The molecule has 1 aliphatic heterocycles. The molecule has 0 spiro atoms. The van der Waals surface area contributed by atoms with Gasteiger partial charge in [-0.25, -0.2) is 0 Å². The van der Waals surface area contributed by atoms with Crippen molar-refractivity contribution in [3.05, 3.63) is 405 Å². The van der Waals surface area contributed by atoms with E-state index in [0.29, 0.717) is 15.6 Å². The Balaban J connectivity index is 0.000000170. The van der Waals surface area contributed by atoms with Gasteiger partial charge in [-0.15, -0.1) is 0 Å². The fourth-order valence-electron chi connectivity index (χ4n) is 16.7. The maximum atomic E-state index is 11.5. The molecule has 0 atom stereocenters. The van der Waals surface area contributed by atoms with Crippen LogP contribution < -0.4 is 21.4 Å². The van der Waals surface area contributed by atoms with Crippen molar-refractivity contribution in [2.24, 2.45) is 0 Å². The van der Waals surface area contributed by atoms with Crippen molar-refractivity contribution in [2.45, 2.75) is 151 Å². The van der Waals surface area contributed by atoms with E-state index in [1.54, 1.807) is 30.3 Å². The number of aromatic amines is 1. The Morgan fingerprint density at radius 3 is 1.03 bits per heavy atom. The lowest BCUT2D eigenvalue weighted by atomic mass is 9.77. The number of para-hydroxylation sites is 7. The highest BCUT2D eigenvalue weighted by atomic mass is 79.9. The number of aromatic nitrogens is 1. The van der Waals surface area contributed by atoms with Crippen LogP contribution >= 0.6 is 39.8 Å². The summed E-state index contributed by atoms with van der Waals surface area (Å²) in [6.07, 6.45) is 0. The number of fused-ring (bicyclic) bond motifs is 25. The van der Waals surface area contributed by atoms with E-state index in [-0.39, 0.29) is 42.4 Å². The van der Waals surface area contributed by atoms with E-state index in [1.807, 2.05) is 200 Å². The smallest absolute Gasteiger partial charge is 0.456 e. The molecule has 0 unspecified atom stereocenters. The number of halogens is 2. The summed E-state index contributed by atoms with van der Waals surface area (Å²) in [5.41, 5.74) is 10.9. The molecule has 24 rings (SSSR count). The maximum Gasteiger partial charge on any atom is 0.498 e. The summed E-state index contributed by atoms with van der Waals surface area (Å²) in [5, 5.41) is 46.7. The van der Waals surface area contributed by atoms with Crippen LogP contribution in [0.3, 0.4) is 0 Å². The van der Waals surface area contributed by atoms with Gasteiger partial charge in [-0.2, -0.15) is 0 Å². The Bertz CT molecular complexity index is 7880. The zero-order valence-corrected chi connectivity index (χ0v) is 85.1. The first-order valence-corrected chi connectivity index (χ1v) is 50.3. The van der Waals surface area contributed by atoms with Gasteiger partial charge >= 0.3 is 7.12 Å². The molecule has 1 aliphatic rings. The largest absolute Gasteiger partial charge is 0.498 e. The second-order valence-corrected chi connectivity index (χ2v) is 34.9. The molecule has 17 heteroatoms. The number of rotatable bonds is 7. The molecule has 139 heavy (non-hydrogen) atoms. The standard InChI is InChI=1S/C22H21BO3.C22H13NO3.C22H13NO.C18H15P.C16H9BrO.C6H4BrNO2.7C2H6.2CH4/c1-21(2)22(3,4)26-23(25-21)17-13-14-9-5-6-10-15(14)19-16-11-7-8-12-18(16)24-20(17)19;24-23(25)19-11-5-3-9-16(19)18-13-14-7-1-2-8-15(14)21-17-10-4-6-12-20(17)26-22(18)21;1-2-8-14-13(7-1)19-16-10-4-6-12-18(16)24-22(19)20-15-9-3-5-11-17(15)23-21(14)20;1-4-10-16(11-5-1)19(17-12-6-2-7-13-17)18-14-8-3-9-15-18;17-13-9-10-5-1-2-6-11(10)15-12-7-3-4-8-14(12)18-16(13)15;7-5-3-1-2-4-6(5)8(9)10;7*1-2;;/h5-13H,1-4H3;1-13H;1-12,23H;1-15H;1-9H;1-4H;7*1-2H3;2*1H4. The van der Waals surface area contributed by atoms with Gasteiger partial charge in [0.15, 0.2) is 0 Å². The summed E-state index contributed by atoms with van der Waals surface area (Å²) < 4.78 is 38.9. The number of H-pyrrole nitrogens is 1. The molecule has 5 aromatic heterocycles. The lowest BCUT2D eigenvalue weighted by Gasteiger charge is -2.32. The predicted molar refractivity (Wildman–Crippen MR) is 609 cm³/mol. The zero-order chi connectivity index (χ0) is 98.0. The fraction of sp³-hybridized carbons (Fsp3) is 0.180. The molecule has 0 bridgehead atoms. The van der Waals surface area contributed by atoms with E-state index in [9.17, 15) is 20.2 Å². The number of nitro benzene ring substituents is 2. The molecule has 710 valence electrons. The zero-order valence-electron chi connectivity index (χ0n) is 81.1. The monoisotopic (exact) mass is 1990 g/mol. The van der Waals surface area contributed by atoms with Gasteiger partial charge in [0.25, 0.3) is 11.4 Å². The average Bonchev–Trinajstić information content (AvgIpc) is 1.54. The van der Waals surface area contributed by atoms with Gasteiger partial charge in [-0.05, 0) is 176 Å². The number of nitro groups is 2. The van der Waals surface area contributed by atoms with Crippen LogP contribution in [-0.4, -0.2) is 33.2 Å². The molecule has 0 aliphatic carbocycles. The topological polar surface area (TPSA) is 173 Å². The van der Waals surface area contributed by atoms with Crippen LogP contribution in [0.5, 0.6) is 0 Å². The van der Waals surface area contributed by atoms with E-state index in [4.69, 9.17) is 27.0 Å². The van der Waals surface area contributed by atoms with Crippen molar-refractivity contribution in [2.75, 3.05) is 0 Å². The van der Waals surface area contributed by atoms with Crippen molar-refractivity contribution in [1.29, 1.82) is 0 Å². The van der Waals surface area contributed by atoms with Gasteiger partial charge in [-0.1, -0.05) is 421 Å². The van der Waals surface area contributed by atoms with Gasteiger partial charge in [0.05, 0.1) is 46.5 Å². The van der Waals surface area contributed by atoms with Crippen LogP contribution in [0, 0.1) is 20.2 Å². The Morgan fingerprint density at radius 2 is 0.597 bits per heavy atom. The number of benzene rings is 18. The van der Waals surface area contributed by atoms with Crippen LogP contribution in [0.25, 0.3) is 164 Å². The highest BCUT2D eigenvalue weighted by Crippen LogP contribution is 2.47. The molecular weight excluding hydrogens is 1870 g/mol. The number of nitrogens with one attached hydrogen (secondary N) is 1. The second-order valence-electron chi connectivity index (χ2n) is 31.0. The van der Waals surface area contributed by atoms with Crippen LogP contribution in [0.15, 0.2) is 403 Å². The second kappa shape index (κ2) is 50.5. The molecule has 1 saturated heterocycles. The van der Waals surface area contributed by atoms with Crippen molar-refractivity contribution in [3.63, 3.8) is 0 Å². The van der Waals surface area contributed by atoms with E-state index < -0.39 is 20.0 Å². The number of nitrogens with zero attached hydrogens (tertiary/aromatic N) is 2. The first-order chi connectivity index (χ1) is 67.0. The molecule has 1 N–H and O–H groups in total. The maximum absolute atomic E-state index is 11.5. The molecule has 0 saturated carbocycles. The molecule has 18 aromatic carbocycles. The molecule has 0 amide bonds. The fourth-order valence-corrected chi connectivity index (χ4v) is 19.9. The summed E-state index contributed by atoms with van der Waals surface area (Å²) >= 11 is 6.66. The van der Waals surface area contributed by atoms with Crippen molar-refractivity contribution >= 4 is 232 Å². The van der Waals surface area contributed by atoms with E-state index in [0.717, 1.165) is 103 Å². The third-order valence-corrected chi connectivity index (χ3v) is 26.8. The third-order valence-electron chi connectivity index (χ3n) is 23.1. The molecule has 13 nitrogen and oxygen atoms in total. The molecular formula is C122H125BBr2N3O10P. The highest BCUT2D eigenvalue weighted by Gasteiger charge is 2.53. The minimum Gasteiger partial charge on any atom is -0.456 e. The van der Waals surface area contributed by atoms with Gasteiger partial charge < -0.3 is 32.0 Å². The third kappa shape index (κ3) is 22.6. The lowest BCUT2D eigenvalue weighted by molar-refractivity contribution is -0.385. The van der Waals surface area contributed by atoms with Crippen molar-refractivity contribution < 1.29 is 36.8 Å². The predicted octanol–water partition coefficient (Wildman–Crippen LogP) is 37.5. The van der Waals surface area contributed by atoms with Crippen LogP contribution in [0.4, 0.5) is 11.4 Å². The lowest BCUT2D eigenvalue weighted by Crippen LogP contribution is -2.41. The Kier molecular flexibility index (Phi) is 38.9. The summed E-state index contributed by atoms with van der Waals surface area (Å²) in [6, 6.07) is 126. The van der Waals surface area contributed by atoms with Gasteiger partial charge in [0.1, 0.15) is 44.7 Å². The summed E-state index contributed by atoms with van der Waals surface area (Å²) in [5.74, 6) is 0. The van der Waals surface area contributed by atoms with Gasteiger partial charge in [-0.3, -0.25) is 20.2 Å². The van der Waals surface area contributed by atoms with Crippen LogP contribution in [0.2, 0.25) is 0 Å². The molecule has 1 fully saturated rings. The Labute approximate surface area is 835 Å². The van der Waals surface area contributed by atoms with E-state index in [1.165, 1.54) is 87.3 Å². The highest BCUT2D eigenvalue weighted by molar-refractivity contribution is 9.11. The molecule has 23 aromatic rings. The van der Waals surface area contributed by atoms with Crippen LogP contribution in [-0.2, 0) is 9.31 Å². The summed E-state index contributed by atoms with van der Waals surface area (Å²) in [6.45, 7) is 36.3. The van der Waals surface area contributed by atoms with Gasteiger partial charge in [0, 0.05) is 82.5 Å². The first kappa shape index (κ1) is 107. The number of hydrogen-bond donors (Lipinski definition) is 1. The van der Waals surface area contributed by atoms with Crippen molar-refractivity contribution in [1.82, 2.24) is 4.98 Å². The number of hydrogen-bond acceptors (Lipinski definition) is 10. The summed E-state index contributed by atoms with van der Waals surface area (Å²) in [7, 11) is -0.897. The Hall–Kier alpha value is -13.8. The van der Waals surface area contributed by atoms with Crippen LogP contribution in [0.1, 0.15) is 139 Å². The average molecular weight is 1990 g/mol. The minimum absolute atomic E-state index is 0.